The van der Waals surface area contributed by atoms with E-state index < -0.39 is 6.23 Å². The summed E-state index contributed by atoms with van der Waals surface area (Å²) in [5.41, 5.74) is 11.8. The molecule has 0 aliphatic heterocycles. The van der Waals surface area contributed by atoms with Crippen LogP contribution in [0.4, 0.5) is 5.69 Å². The molecular formula is C27H24N4O2S. The highest BCUT2D eigenvalue weighted by atomic mass is 32.1. The number of aromatic nitrogens is 2. The number of anilines is 1. The molecule has 2 aromatic heterocycles. The van der Waals surface area contributed by atoms with Crippen LogP contribution in [-0.4, -0.2) is 22.4 Å². The maximum absolute atomic E-state index is 11.0. The molecule has 0 spiro atoms. The summed E-state index contributed by atoms with van der Waals surface area (Å²) in [7, 11) is 1.64. The first-order chi connectivity index (χ1) is 16.7. The van der Waals surface area contributed by atoms with Gasteiger partial charge in [-0.3, -0.25) is 5.32 Å². The van der Waals surface area contributed by atoms with Crippen molar-refractivity contribution in [1.82, 2.24) is 15.5 Å². The fourth-order valence-electron chi connectivity index (χ4n) is 3.96. The second-order valence-corrected chi connectivity index (χ2v) is 8.88. The van der Waals surface area contributed by atoms with Gasteiger partial charge in [0, 0.05) is 23.1 Å². The number of nitrogen functional groups attached to an aromatic ring is 1. The third-order valence-electron chi connectivity index (χ3n) is 5.70. The number of thiophene rings is 1. The number of hydrogen-bond donors (Lipinski definition) is 3. The Kier molecular flexibility index (Phi) is 6.22. The van der Waals surface area contributed by atoms with Crippen molar-refractivity contribution in [2.75, 3.05) is 12.8 Å². The lowest BCUT2D eigenvalue weighted by Gasteiger charge is -2.13. The van der Waals surface area contributed by atoms with Gasteiger partial charge in [-0.15, -0.1) is 21.5 Å². The number of benzene rings is 3. The average molecular weight is 469 g/mol. The van der Waals surface area contributed by atoms with E-state index in [1.165, 1.54) is 11.3 Å². The molecular weight excluding hydrogens is 444 g/mol. The van der Waals surface area contributed by atoms with Crippen molar-refractivity contribution in [3.05, 3.63) is 95.4 Å². The van der Waals surface area contributed by atoms with Gasteiger partial charge in [-0.1, -0.05) is 72.8 Å². The first-order valence-corrected chi connectivity index (χ1v) is 11.7. The fraction of sp³-hybridized carbons (Fsp3) is 0.111. The van der Waals surface area contributed by atoms with Gasteiger partial charge >= 0.3 is 0 Å². The zero-order valence-electron chi connectivity index (χ0n) is 18.6. The van der Waals surface area contributed by atoms with Crippen LogP contribution >= 0.6 is 11.3 Å². The van der Waals surface area contributed by atoms with E-state index in [2.05, 4.69) is 15.5 Å². The highest BCUT2D eigenvalue weighted by molar-refractivity contribution is 7.19. The summed E-state index contributed by atoms with van der Waals surface area (Å²) in [5, 5.41) is 24.0. The molecule has 34 heavy (non-hydrogen) atoms. The number of methoxy groups -OCH3 is 1. The van der Waals surface area contributed by atoms with E-state index in [0.29, 0.717) is 21.9 Å². The summed E-state index contributed by atoms with van der Waals surface area (Å²) in [4.78, 5) is 1.32. The monoisotopic (exact) mass is 468 g/mol. The molecule has 0 saturated carbocycles. The molecule has 3 aromatic carbocycles. The van der Waals surface area contributed by atoms with E-state index in [0.717, 1.165) is 39.1 Å². The Bertz CT molecular complexity index is 1400. The second-order valence-electron chi connectivity index (χ2n) is 7.85. The van der Waals surface area contributed by atoms with Crippen LogP contribution in [0.25, 0.3) is 32.6 Å². The SMILES string of the molecule is COc1ccc(CNC(O)c2sc3nnc(-c4ccccc4)c(-c4ccccc4)c3c2N)cc1. The minimum absolute atomic E-state index is 0.478. The van der Waals surface area contributed by atoms with Crippen LogP contribution in [0.1, 0.15) is 16.7 Å². The van der Waals surface area contributed by atoms with Gasteiger partial charge in [-0.2, -0.15) is 0 Å². The minimum Gasteiger partial charge on any atom is -0.497 e. The molecule has 5 aromatic rings. The van der Waals surface area contributed by atoms with Crippen LogP contribution < -0.4 is 15.8 Å². The van der Waals surface area contributed by atoms with Crippen molar-refractivity contribution < 1.29 is 9.84 Å². The molecule has 0 fully saturated rings. The third kappa shape index (κ3) is 4.24. The van der Waals surface area contributed by atoms with Gasteiger partial charge in [0.1, 0.15) is 22.5 Å². The molecule has 7 heteroatoms. The van der Waals surface area contributed by atoms with Crippen LogP contribution in [0.5, 0.6) is 5.75 Å². The smallest absolute Gasteiger partial charge is 0.149 e. The predicted molar refractivity (Wildman–Crippen MR) is 137 cm³/mol. The predicted octanol–water partition coefficient (Wildman–Crippen LogP) is 5.40. The maximum Gasteiger partial charge on any atom is 0.149 e. The van der Waals surface area contributed by atoms with Gasteiger partial charge in [0.2, 0.25) is 0 Å². The number of nitrogens with zero attached hydrogens (tertiary/aromatic N) is 2. The number of rotatable bonds is 7. The number of aliphatic hydroxyl groups is 1. The molecule has 0 saturated heterocycles. The van der Waals surface area contributed by atoms with Crippen LogP contribution in [0, 0.1) is 0 Å². The number of aliphatic hydroxyl groups excluding tert-OH is 1. The van der Waals surface area contributed by atoms with E-state index in [4.69, 9.17) is 10.5 Å². The lowest BCUT2D eigenvalue weighted by molar-refractivity contribution is 0.141. The largest absolute Gasteiger partial charge is 0.497 e. The number of hydrogen-bond acceptors (Lipinski definition) is 7. The Balaban J connectivity index is 1.55. The first kappa shape index (κ1) is 22.0. The Morgan fingerprint density at radius 3 is 2.21 bits per heavy atom. The third-order valence-corrected chi connectivity index (χ3v) is 6.84. The molecule has 6 nitrogen and oxygen atoms in total. The average Bonchev–Trinajstić information content (AvgIpc) is 3.24. The van der Waals surface area contributed by atoms with E-state index >= 15 is 0 Å². The fourth-order valence-corrected chi connectivity index (χ4v) is 4.97. The van der Waals surface area contributed by atoms with Gasteiger partial charge in [-0.25, -0.2) is 0 Å². The summed E-state index contributed by atoms with van der Waals surface area (Å²) in [6.45, 7) is 0.478. The summed E-state index contributed by atoms with van der Waals surface area (Å²) in [5.74, 6) is 0.791. The van der Waals surface area contributed by atoms with E-state index in [1.807, 2.05) is 84.9 Å². The van der Waals surface area contributed by atoms with Crippen molar-refractivity contribution >= 4 is 27.2 Å². The lowest BCUT2D eigenvalue weighted by atomic mass is 9.96. The van der Waals surface area contributed by atoms with Crippen LogP contribution in [0.15, 0.2) is 84.9 Å². The minimum atomic E-state index is -0.940. The molecule has 0 aliphatic rings. The molecule has 0 aliphatic carbocycles. The second kappa shape index (κ2) is 9.61. The van der Waals surface area contributed by atoms with Crippen molar-refractivity contribution in [2.24, 2.45) is 0 Å². The Morgan fingerprint density at radius 1 is 0.912 bits per heavy atom. The Hall–Kier alpha value is -3.78. The van der Waals surface area contributed by atoms with Crippen LogP contribution in [0.3, 0.4) is 0 Å². The molecule has 1 unspecified atom stereocenters. The standard InChI is InChI=1S/C27H24N4O2S/c1-33-20-14-12-17(13-15-20)16-29-26(32)25-23(28)22-21(18-8-4-2-5-9-18)24(30-31-27(22)34-25)19-10-6-3-7-11-19/h2-15,26,29,32H,16,28H2,1H3. The molecule has 1 atom stereocenters. The van der Waals surface area contributed by atoms with Crippen LogP contribution in [0.2, 0.25) is 0 Å². The summed E-state index contributed by atoms with van der Waals surface area (Å²) in [6, 6.07) is 27.7. The topological polar surface area (TPSA) is 93.3 Å². The van der Waals surface area contributed by atoms with E-state index in [-0.39, 0.29) is 0 Å². The summed E-state index contributed by atoms with van der Waals surface area (Å²) in [6.07, 6.45) is -0.940. The van der Waals surface area contributed by atoms with Crippen molar-refractivity contribution in [2.45, 2.75) is 12.8 Å². The molecule has 4 N–H and O–H groups in total. The van der Waals surface area contributed by atoms with Crippen molar-refractivity contribution in [3.8, 4) is 28.1 Å². The molecule has 0 radical (unpaired) electrons. The molecule has 0 bridgehead atoms. The Morgan fingerprint density at radius 2 is 1.56 bits per heavy atom. The van der Waals surface area contributed by atoms with Crippen molar-refractivity contribution in [1.29, 1.82) is 0 Å². The van der Waals surface area contributed by atoms with Gasteiger partial charge in [0.15, 0.2) is 0 Å². The number of nitrogens with one attached hydrogen (secondary N) is 1. The van der Waals surface area contributed by atoms with E-state index in [1.54, 1.807) is 7.11 Å². The molecule has 5 rings (SSSR count). The number of ether oxygens (including phenoxy) is 1. The normalized spacial score (nSPS) is 12.1. The van der Waals surface area contributed by atoms with Gasteiger partial charge in [-0.05, 0) is 23.3 Å². The van der Waals surface area contributed by atoms with E-state index in [9.17, 15) is 5.11 Å². The van der Waals surface area contributed by atoms with Crippen LogP contribution in [-0.2, 0) is 6.54 Å². The summed E-state index contributed by atoms with van der Waals surface area (Å²) >= 11 is 1.35. The maximum atomic E-state index is 11.0. The molecule has 0 amide bonds. The molecule has 2 heterocycles. The van der Waals surface area contributed by atoms with Gasteiger partial charge in [0.05, 0.1) is 17.7 Å². The van der Waals surface area contributed by atoms with Crippen molar-refractivity contribution in [3.63, 3.8) is 0 Å². The summed E-state index contributed by atoms with van der Waals surface area (Å²) < 4.78 is 5.21. The highest BCUT2D eigenvalue weighted by Crippen LogP contribution is 2.44. The highest BCUT2D eigenvalue weighted by Gasteiger charge is 2.23. The zero-order chi connectivity index (χ0) is 23.5. The molecule has 170 valence electrons. The Labute approximate surface area is 201 Å². The first-order valence-electron chi connectivity index (χ1n) is 10.9. The zero-order valence-corrected chi connectivity index (χ0v) is 19.4. The number of nitrogens with two attached hydrogens (primary N) is 1. The van der Waals surface area contributed by atoms with Gasteiger partial charge in [0.25, 0.3) is 0 Å². The lowest BCUT2D eigenvalue weighted by Crippen LogP contribution is -2.20. The van der Waals surface area contributed by atoms with Gasteiger partial charge < -0.3 is 15.6 Å². The quantitative estimate of drug-likeness (QED) is 0.277. The number of fused-ring (bicyclic) bond motifs is 1.